The number of hydrogen-bond donors (Lipinski definition) is 1. The molecule has 2 aromatic carbocycles. The number of carbonyl (C=O) groups is 1. The van der Waals surface area contributed by atoms with Crippen molar-refractivity contribution < 1.29 is 22.3 Å². The van der Waals surface area contributed by atoms with Crippen molar-refractivity contribution in [1.82, 2.24) is 9.62 Å². The predicted octanol–water partition coefficient (Wildman–Crippen LogP) is 3.21. The third-order valence-electron chi connectivity index (χ3n) is 4.04. The second-order valence-corrected chi connectivity index (χ2v) is 8.63. The summed E-state index contributed by atoms with van der Waals surface area (Å²) in [5.74, 6) is -0.853. The van der Waals surface area contributed by atoms with E-state index in [0.717, 1.165) is 4.31 Å². The Morgan fingerprint density at radius 3 is 2.41 bits per heavy atom. The van der Waals surface area contributed by atoms with Crippen LogP contribution in [0.1, 0.15) is 18.9 Å². The van der Waals surface area contributed by atoms with E-state index in [4.69, 9.17) is 16.3 Å². The molecule has 6 nitrogen and oxygen atoms in total. The number of amides is 1. The van der Waals surface area contributed by atoms with Crippen LogP contribution in [-0.2, 0) is 26.1 Å². The zero-order valence-electron chi connectivity index (χ0n) is 16.1. The van der Waals surface area contributed by atoms with Gasteiger partial charge in [-0.2, -0.15) is 4.31 Å². The molecule has 0 saturated carbocycles. The molecule has 0 radical (unpaired) electrons. The van der Waals surface area contributed by atoms with Gasteiger partial charge in [0.05, 0.1) is 11.4 Å². The SMILES string of the molecule is CCOCCCNC(=O)CN(Cc1ccc(F)cc1)S(=O)(=O)c1ccc(Cl)cc1. The van der Waals surface area contributed by atoms with Crippen LogP contribution in [0.3, 0.4) is 0 Å². The molecule has 0 heterocycles. The molecular formula is C20H24ClFN2O4S. The monoisotopic (exact) mass is 442 g/mol. The minimum atomic E-state index is -3.97. The summed E-state index contributed by atoms with van der Waals surface area (Å²) in [6.45, 7) is 2.93. The highest BCUT2D eigenvalue weighted by atomic mass is 35.5. The maximum absolute atomic E-state index is 13.2. The largest absolute Gasteiger partial charge is 0.382 e. The maximum Gasteiger partial charge on any atom is 0.243 e. The highest BCUT2D eigenvalue weighted by molar-refractivity contribution is 7.89. The standard InChI is InChI=1S/C20H24ClFN2O4S/c1-2-28-13-3-12-23-20(25)15-24(14-16-4-8-18(22)9-5-16)29(26,27)19-10-6-17(21)7-11-19/h4-11H,2-3,12-15H2,1H3,(H,23,25). The van der Waals surface area contributed by atoms with E-state index in [-0.39, 0.29) is 18.0 Å². The molecule has 2 rings (SSSR count). The Balaban J connectivity index is 2.15. The highest BCUT2D eigenvalue weighted by Crippen LogP contribution is 2.20. The third kappa shape index (κ3) is 7.40. The number of benzene rings is 2. The molecule has 0 saturated heterocycles. The Labute approximate surface area is 175 Å². The molecule has 158 valence electrons. The minimum Gasteiger partial charge on any atom is -0.382 e. The molecule has 1 amide bonds. The van der Waals surface area contributed by atoms with Gasteiger partial charge < -0.3 is 10.1 Å². The minimum absolute atomic E-state index is 0.0214. The number of carbonyl (C=O) groups excluding carboxylic acids is 1. The van der Waals surface area contributed by atoms with Crippen LogP contribution in [0.15, 0.2) is 53.4 Å². The number of hydrogen-bond acceptors (Lipinski definition) is 4. The first kappa shape index (κ1) is 23.3. The summed E-state index contributed by atoms with van der Waals surface area (Å²) in [5, 5.41) is 3.10. The Morgan fingerprint density at radius 2 is 1.79 bits per heavy atom. The smallest absolute Gasteiger partial charge is 0.243 e. The molecule has 0 aliphatic heterocycles. The van der Waals surface area contributed by atoms with Crippen LogP contribution in [-0.4, -0.2) is 44.9 Å². The van der Waals surface area contributed by atoms with Crippen molar-refractivity contribution in [3.63, 3.8) is 0 Å². The number of nitrogens with one attached hydrogen (secondary N) is 1. The zero-order valence-corrected chi connectivity index (χ0v) is 17.7. The molecular weight excluding hydrogens is 419 g/mol. The molecule has 2 aromatic rings. The third-order valence-corrected chi connectivity index (χ3v) is 6.09. The molecule has 0 aliphatic carbocycles. The zero-order chi connectivity index (χ0) is 21.3. The van der Waals surface area contributed by atoms with Crippen LogP contribution in [0.4, 0.5) is 4.39 Å². The number of nitrogens with zero attached hydrogens (tertiary/aromatic N) is 1. The van der Waals surface area contributed by atoms with Gasteiger partial charge in [-0.05, 0) is 55.3 Å². The van der Waals surface area contributed by atoms with Crippen molar-refractivity contribution in [2.24, 2.45) is 0 Å². The number of rotatable bonds is 11. The average Bonchev–Trinajstić information content (AvgIpc) is 2.69. The normalized spacial score (nSPS) is 11.6. The molecule has 0 bridgehead atoms. The van der Waals surface area contributed by atoms with Crippen LogP contribution in [0.5, 0.6) is 0 Å². The lowest BCUT2D eigenvalue weighted by Crippen LogP contribution is -2.40. The molecule has 0 aromatic heterocycles. The maximum atomic E-state index is 13.2. The lowest BCUT2D eigenvalue weighted by Gasteiger charge is -2.22. The van der Waals surface area contributed by atoms with Crippen molar-refractivity contribution in [3.8, 4) is 0 Å². The van der Waals surface area contributed by atoms with E-state index in [1.807, 2.05) is 6.92 Å². The fourth-order valence-corrected chi connectivity index (χ4v) is 4.05. The van der Waals surface area contributed by atoms with E-state index in [2.05, 4.69) is 5.32 Å². The van der Waals surface area contributed by atoms with Crippen LogP contribution in [0, 0.1) is 5.82 Å². The number of halogens is 2. The summed E-state index contributed by atoms with van der Waals surface area (Å²) < 4.78 is 45.6. The Morgan fingerprint density at radius 1 is 1.14 bits per heavy atom. The lowest BCUT2D eigenvalue weighted by molar-refractivity contribution is -0.121. The second kappa shape index (κ2) is 11.3. The molecule has 0 aliphatic rings. The van der Waals surface area contributed by atoms with Gasteiger partial charge in [-0.3, -0.25) is 4.79 Å². The van der Waals surface area contributed by atoms with Gasteiger partial charge >= 0.3 is 0 Å². The first-order chi connectivity index (χ1) is 13.8. The van der Waals surface area contributed by atoms with E-state index in [9.17, 15) is 17.6 Å². The second-order valence-electron chi connectivity index (χ2n) is 6.25. The summed E-state index contributed by atoms with van der Waals surface area (Å²) in [5.41, 5.74) is 0.563. The van der Waals surface area contributed by atoms with Gasteiger partial charge in [0.2, 0.25) is 15.9 Å². The van der Waals surface area contributed by atoms with E-state index < -0.39 is 21.7 Å². The van der Waals surface area contributed by atoms with Crippen LogP contribution < -0.4 is 5.32 Å². The molecule has 0 unspecified atom stereocenters. The fraction of sp³-hybridized carbons (Fsp3) is 0.350. The molecule has 29 heavy (non-hydrogen) atoms. The average molecular weight is 443 g/mol. The van der Waals surface area contributed by atoms with Crippen molar-refractivity contribution in [2.45, 2.75) is 24.8 Å². The quantitative estimate of drug-likeness (QED) is 0.542. The first-order valence-electron chi connectivity index (χ1n) is 9.17. The number of ether oxygens (including phenoxy) is 1. The van der Waals surface area contributed by atoms with E-state index >= 15 is 0 Å². The molecule has 9 heteroatoms. The lowest BCUT2D eigenvalue weighted by atomic mass is 10.2. The van der Waals surface area contributed by atoms with E-state index in [0.29, 0.717) is 36.8 Å². The van der Waals surface area contributed by atoms with Gasteiger partial charge in [0.25, 0.3) is 0 Å². The van der Waals surface area contributed by atoms with Gasteiger partial charge in [0, 0.05) is 31.3 Å². The summed E-state index contributed by atoms with van der Waals surface area (Å²) in [6.07, 6.45) is 0.626. The van der Waals surface area contributed by atoms with Gasteiger partial charge in [0.15, 0.2) is 0 Å². The first-order valence-corrected chi connectivity index (χ1v) is 11.0. The Kier molecular flexibility index (Phi) is 9.03. The molecule has 0 spiro atoms. The summed E-state index contributed by atoms with van der Waals surface area (Å²) in [7, 11) is -3.97. The van der Waals surface area contributed by atoms with E-state index in [1.54, 1.807) is 0 Å². The predicted molar refractivity (Wildman–Crippen MR) is 110 cm³/mol. The summed E-state index contributed by atoms with van der Waals surface area (Å²) >= 11 is 5.85. The van der Waals surface area contributed by atoms with Crippen molar-refractivity contribution >= 4 is 27.5 Å². The fourth-order valence-electron chi connectivity index (χ4n) is 2.54. The highest BCUT2D eigenvalue weighted by Gasteiger charge is 2.27. The van der Waals surface area contributed by atoms with E-state index in [1.165, 1.54) is 48.5 Å². The van der Waals surface area contributed by atoms with Crippen LogP contribution in [0.2, 0.25) is 5.02 Å². The van der Waals surface area contributed by atoms with Gasteiger partial charge in [-0.15, -0.1) is 0 Å². The van der Waals surface area contributed by atoms with Gasteiger partial charge in [0.1, 0.15) is 5.82 Å². The summed E-state index contributed by atoms with van der Waals surface area (Å²) in [4.78, 5) is 12.3. The van der Waals surface area contributed by atoms with Crippen LogP contribution >= 0.6 is 11.6 Å². The summed E-state index contributed by atoms with van der Waals surface area (Å²) in [6, 6.07) is 11.2. The Bertz CT molecular complexity index is 890. The van der Waals surface area contributed by atoms with Crippen molar-refractivity contribution in [3.05, 3.63) is 64.9 Å². The molecule has 0 fully saturated rings. The Hall–Kier alpha value is -2.00. The molecule has 1 N–H and O–H groups in total. The number of sulfonamides is 1. The topological polar surface area (TPSA) is 75.7 Å². The van der Waals surface area contributed by atoms with Crippen molar-refractivity contribution in [2.75, 3.05) is 26.3 Å². The van der Waals surface area contributed by atoms with Gasteiger partial charge in [-0.25, -0.2) is 12.8 Å². The van der Waals surface area contributed by atoms with Crippen LogP contribution in [0.25, 0.3) is 0 Å². The molecule has 0 atom stereocenters. The van der Waals surface area contributed by atoms with Crippen molar-refractivity contribution in [1.29, 1.82) is 0 Å². The van der Waals surface area contributed by atoms with Gasteiger partial charge in [-0.1, -0.05) is 23.7 Å².